The van der Waals surface area contributed by atoms with E-state index in [1.165, 1.54) is 11.8 Å². The molecule has 0 aliphatic heterocycles. The van der Waals surface area contributed by atoms with Crippen LogP contribution in [0, 0.1) is 0 Å². The first kappa shape index (κ1) is 12.8. The largest absolute Gasteiger partial charge is 0.293 e. The van der Waals surface area contributed by atoms with E-state index in [9.17, 15) is 4.79 Å². The van der Waals surface area contributed by atoms with Crippen molar-refractivity contribution in [2.45, 2.75) is 24.9 Å². The van der Waals surface area contributed by atoms with Gasteiger partial charge < -0.3 is 0 Å². The molecule has 0 aliphatic carbocycles. The SMILES string of the molecule is CC(C)c1nc(SCC(=O)c2ccccc2)n[nH]1. The molecular weight excluding hydrogens is 246 g/mol. The fraction of sp³-hybridized carbons (Fsp3) is 0.308. The second-order valence-electron chi connectivity index (χ2n) is 4.24. The second kappa shape index (κ2) is 5.82. The quantitative estimate of drug-likeness (QED) is 0.664. The standard InChI is InChI=1S/C13H15N3OS/c1-9(2)12-14-13(16-15-12)18-8-11(17)10-6-4-3-5-7-10/h3-7,9H,8H2,1-2H3,(H,14,15,16). The predicted molar refractivity (Wildman–Crippen MR) is 72.0 cm³/mol. The smallest absolute Gasteiger partial charge is 0.208 e. The first-order chi connectivity index (χ1) is 8.66. The van der Waals surface area contributed by atoms with Crippen LogP contribution >= 0.6 is 11.8 Å². The molecule has 0 radical (unpaired) electrons. The summed E-state index contributed by atoms with van der Waals surface area (Å²) in [6, 6.07) is 9.26. The van der Waals surface area contributed by atoms with Crippen LogP contribution in [0.5, 0.6) is 0 Å². The molecule has 2 rings (SSSR count). The lowest BCUT2D eigenvalue weighted by molar-refractivity contribution is 0.102. The fourth-order valence-electron chi connectivity index (χ4n) is 1.42. The topological polar surface area (TPSA) is 58.6 Å². The van der Waals surface area contributed by atoms with Gasteiger partial charge in [-0.25, -0.2) is 4.98 Å². The highest BCUT2D eigenvalue weighted by Gasteiger charge is 2.10. The van der Waals surface area contributed by atoms with E-state index in [1.54, 1.807) is 0 Å². The Kier molecular flexibility index (Phi) is 4.15. The number of hydrogen-bond donors (Lipinski definition) is 1. The predicted octanol–water partition coefficient (Wildman–Crippen LogP) is 2.90. The number of H-pyrrole nitrogens is 1. The van der Waals surface area contributed by atoms with Gasteiger partial charge in [0.25, 0.3) is 0 Å². The molecule has 0 saturated carbocycles. The van der Waals surface area contributed by atoms with Gasteiger partial charge in [0.2, 0.25) is 5.16 Å². The third kappa shape index (κ3) is 3.20. The molecule has 0 bridgehead atoms. The van der Waals surface area contributed by atoms with Crippen molar-refractivity contribution in [2.75, 3.05) is 5.75 Å². The molecule has 1 N–H and O–H groups in total. The van der Waals surface area contributed by atoms with E-state index in [0.717, 1.165) is 11.4 Å². The highest BCUT2D eigenvalue weighted by atomic mass is 32.2. The van der Waals surface area contributed by atoms with Gasteiger partial charge in [0, 0.05) is 11.5 Å². The number of benzene rings is 1. The van der Waals surface area contributed by atoms with Crippen molar-refractivity contribution < 1.29 is 4.79 Å². The second-order valence-corrected chi connectivity index (χ2v) is 5.18. The molecule has 0 unspecified atom stereocenters. The summed E-state index contributed by atoms with van der Waals surface area (Å²) in [5, 5.41) is 7.58. The molecule has 5 heteroatoms. The molecule has 0 spiro atoms. The maximum atomic E-state index is 11.9. The minimum atomic E-state index is 0.0940. The molecule has 1 aromatic carbocycles. The van der Waals surface area contributed by atoms with E-state index in [2.05, 4.69) is 15.2 Å². The van der Waals surface area contributed by atoms with Crippen LogP contribution in [0.25, 0.3) is 0 Å². The average molecular weight is 261 g/mol. The van der Waals surface area contributed by atoms with Crippen LogP contribution in [0.15, 0.2) is 35.5 Å². The molecule has 4 nitrogen and oxygen atoms in total. The van der Waals surface area contributed by atoms with Crippen molar-refractivity contribution in [3.05, 3.63) is 41.7 Å². The lowest BCUT2D eigenvalue weighted by atomic mass is 10.2. The maximum Gasteiger partial charge on any atom is 0.208 e. The molecule has 0 fully saturated rings. The third-order valence-electron chi connectivity index (χ3n) is 2.46. The Bertz CT molecular complexity index is 522. The first-order valence-electron chi connectivity index (χ1n) is 5.80. The number of carbonyl (C=O) groups excluding carboxylic acids is 1. The van der Waals surface area contributed by atoms with Gasteiger partial charge in [-0.15, -0.1) is 5.10 Å². The van der Waals surface area contributed by atoms with Crippen LogP contribution in [0.1, 0.15) is 35.9 Å². The van der Waals surface area contributed by atoms with Crippen LogP contribution in [0.4, 0.5) is 0 Å². The molecule has 0 saturated heterocycles. The summed E-state index contributed by atoms with van der Waals surface area (Å²) in [6.07, 6.45) is 0. The third-order valence-corrected chi connectivity index (χ3v) is 3.30. The normalized spacial score (nSPS) is 10.8. The number of carbonyl (C=O) groups is 1. The van der Waals surface area contributed by atoms with Crippen molar-refractivity contribution in [3.63, 3.8) is 0 Å². The van der Waals surface area contributed by atoms with E-state index in [0.29, 0.717) is 16.8 Å². The number of nitrogens with zero attached hydrogens (tertiary/aromatic N) is 2. The summed E-state index contributed by atoms with van der Waals surface area (Å²) >= 11 is 1.36. The van der Waals surface area contributed by atoms with Crippen LogP contribution in [0.3, 0.4) is 0 Å². The van der Waals surface area contributed by atoms with E-state index in [4.69, 9.17) is 0 Å². The number of thioether (sulfide) groups is 1. The van der Waals surface area contributed by atoms with Crippen LogP contribution in [-0.4, -0.2) is 26.7 Å². The van der Waals surface area contributed by atoms with Gasteiger partial charge in [-0.1, -0.05) is 55.9 Å². The molecule has 0 atom stereocenters. The van der Waals surface area contributed by atoms with E-state index in [-0.39, 0.29) is 5.78 Å². The van der Waals surface area contributed by atoms with E-state index in [1.807, 2.05) is 44.2 Å². The summed E-state index contributed by atoms with van der Waals surface area (Å²) < 4.78 is 0. The maximum absolute atomic E-state index is 11.9. The van der Waals surface area contributed by atoms with Gasteiger partial charge in [-0.05, 0) is 0 Å². The summed E-state index contributed by atoms with van der Waals surface area (Å²) in [5.74, 6) is 1.62. The highest BCUT2D eigenvalue weighted by molar-refractivity contribution is 7.99. The molecular formula is C13H15N3OS. The molecule has 1 aromatic heterocycles. The summed E-state index contributed by atoms with van der Waals surface area (Å²) in [6.45, 7) is 4.09. The number of Topliss-reactive ketones (excluding diaryl/α,β-unsaturated/α-hetero) is 1. The zero-order valence-electron chi connectivity index (χ0n) is 10.4. The zero-order valence-corrected chi connectivity index (χ0v) is 11.2. The number of aromatic nitrogens is 3. The Morgan fingerprint density at radius 2 is 2.06 bits per heavy atom. The summed E-state index contributed by atoms with van der Waals surface area (Å²) in [7, 11) is 0. The van der Waals surface area contributed by atoms with Crippen molar-refractivity contribution in [1.82, 2.24) is 15.2 Å². The number of nitrogens with one attached hydrogen (secondary N) is 1. The number of ketones is 1. The number of hydrogen-bond acceptors (Lipinski definition) is 4. The lowest BCUT2D eigenvalue weighted by Crippen LogP contribution is -2.02. The Morgan fingerprint density at radius 1 is 1.33 bits per heavy atom. The first-order valence-corrected chi connectivity index (χ1v) is 6.78. The van der Waals surface area contributed by atoms with Gasteiger partial charge in [0.05, 0.1) is 5.75 Å². The summed E-state index contributed by atoms with van der Waals surface area (Å²) in [5.41, 5.74) is 0.726. The number of rotatable bonds is 5. The average Bonchev–Trinajstić information content (AvgIpc) is 2.86. The number of aromatic amines is 1. The van der Waals surface area contributed by atoms with E-state index < -0.39 is 0 Å². The Balaban J connectivity index is 1.93. The van der Waals surface area contributed by atoms with E-state index >= 15 is 0 Å². The van der Waals surface area contributed by atoms with Crippen LogP contribution in [0.2, 0.25) is 0 Å². The van der Waals surface area contributed by atoms with Crippen LogP contribution < -0.4 is 0 Å². The minimum absolute atomic E-state index is 0.0940. The van der Waals surface area contributed by atoms with Gasteiger partial charge in [0.15, 0.2) is 5.78 Å². The van der Waals surface area contributed by atoms with Gasteiger partial charge in [-0.2, -0.15) is 0 Å². The molecule has 2 aromatic rings. The van der Waals surface area contributed by atoms with Gasteiger partial charge in [0.1, 0.15) is 5.82 Å². The van der Waals surface area contributed by atoms with Gasteiger partial charge in [-0.3, -0.25) is 9.89 Å². The molecule has 18 heavy (non-hydrogen) atoms. The Morgan fingerprint density at radius 3 is 2.67 bits per heavy atom. The lowest BCUT2D eigenvalue weighted by Gasteiger charge is -1.98. The van der Waals surface area contributed by atoms with Crippen molar-refractivity contribution in [2.24, 2.45) is 0 Å². The molecule has 1 heterocycles. The Hall–Kier alpha value is -1.62. The molecule has 0 aliphatic rings. The van der Waals surface area contributed by atoms with Crippen molar-refractivity contribution in [3.8, 4) is 0 Å². The molecule has 94 valence electrons. The van der Waals surface area contributed by atoms with Crippen molar-refractivity contribution >= 4 is 17.5 Å². The zero-order chi connectivity index (χ0) is 13.0. The molecule has 0 amide bonds. The fourth-order valence-corrected chi connectivity index (χ4v) is 2.12. The monoisotopic (exact) mass is 261 g/mol. The van der Waals surface area contributed by atoms with Crippen LogP contribution in [-0.2, 0) is 0 Å². The Labute approximate surface area is 110 Å². The van der Waals surface area contributed by atoms with Crippen molar-refractivity contribution in [1.29, 1.82) is 0 Å². The minimum Gasteiger partial charge on any atom is -0.293 e. The highest BCUT2D eigenvalue weighted by Crippen LogP contribution is 2.17. The van der Waals surface area contributed by atoms with Gasteiger partial charge >= 0.3 is 0 Å². The summed E-state index contributed by atoms with van der Waals surface area (Å²) in [4.78, 5) is 16.2.